The average molecular weight is 648 g/mol. The Labute approximate surface area is 276 Å². The van der Waals surface area contributed by atoms with Crippen molar-refractivity contribution in [1.82, 2.24) is 15.6 Å². The van der Waals surface area contributed by atoms with Crippen LogP contribution in [0.1, 0.15) is 72.8 Å². The first-order valence-corrected chi connectivity index (χ1v) is 16.8. The number of para-hydroxylation sites is 1. The maximum atomic E-state index is 12.3. The van der Waals surface area contributed by atoms with Crippen molar-refractivity contribution in [2.24, 2.45) is 0 Å². The Bertz CT molecular complexity index is 1510. The molecule has 2 saturated carbocycles. The zero-order valence-corrected chi connectivity index (χ0v) is 27.4. The van der Waals surface area contributed by atoms with Gasteiger partial charge >= 0.3 is 0 Å². The molecular formula is C37H49N3O7. The summed E-state index contributed by atoms with van der Waals surface area (Å²) in [5.74, 6) is 0.666. The number of aryl methyl sites for hydroxylation is 3. The van der Waals surface area contributed by atoms with E-state index in [2.05, 4.69) is 65.9 Å². The van der Waals surface area contributed by atoms with E-state index in [9.17, 15) is 25.2 Å². The van der Waals surface area contributed by atoms with E-state index in [0.717, 1.165) is 56.4 Å². The molecule has 4 atom stereocenters. The number of hydrogen-bond acceptors (Lipinski definition) is 9. The molecule has 2 aliphatic carbocycles. The highest BCUT2D eigenvalue weighted by molar-refractivity contribution is 5.76. The van der Waals surface area contributed by atoms with Gasteiger partial charge in [0.15, 0.2) is 0 Å². The van der Waals surface area contributed by atoms with E-state index in [0.29, 0.717) is 12.5 Å². The second-order valence-corrected chi connectivity index (χ2v) is 13.2. The van der Waals surface area contributed by atoms with Gasteiger partial charge in [0, 0.05) is 43.0 Å². The molecular weight excluding hydrogens is 598 g/mol. The lowest BCUT2D eigenvalue weighted by molar-refractivity contribution is -0.126. The Morgan fingerprint density at radius 2 is 1.66 bits per heavy atom. The number of hydrogen-bond donors (Lipinski definition) is 7. The van der Waals surface area contributed by atoms with Crippen molar-refractivity contribution in [1.29, 1.82) is 0 Å². The van der Waals surface area contributed by atoms with E-state index < -0.39 is 31.0 Å². The highest BCUT2D eigenvalue weighted by Gasteiger charge is 2.46. The van der Waals surface area contributed by atoms with Crippen LogP contribution >= 0.6 is 0 Å². The number of aliphatic hydroxyl groups excluding tert-OH is 5. The van der Waals surface area contributed by atoms with Gasteiger partial charge < -0.3 is 40.9 Å². The number of carbonyl (C=O) groups excluding carboxylic acids is 1. The highest BCUT2D eigenvalue weighted by atomic mass is 16.5. The molecule has 0 saturated heterocycles. The highest BCUT2D eigenvalue weighted by Crippen LogP contribution is 2.50. The second kappa shape index (κ2) is 15.7. The van der Waals surface area contributed by atoms with Crippen LogP contribution in [0.5, 0.6) is 5.75 Å². The predicted molar refractivity (Wildman–Crippen MR) is 179 cm³/mol. The summed E-state index contributed by atoms with van der Waals surface area (Å²) < 4.78 is 6.26. The van der Waals surface area contributed by atoms with Crippen molar-refractivity contribution in [2.75, 3.05) is 13.2 Å². The number of unbranched alkanes of at least 4 members (excludes halogenated alkanes) is 1. The molecule has 0 aliphatic heterocycles. The SMILES string of the molecule is Cc1cc(CNC2(c3cnccc3-c3ccccc3OC3CC3)CC2)c(C)cc1CCCCC(=O)NCC(O)C(O)C(O)C(O)CO. The van der Waals surface area contributed by atoms with Crippen LogP contribution in [0.25, 0.3) is 11.1 Å². The Morgan fingerprint density at radius 1 is 0.957 bits per heavy atom. The molecule has 47 heavy (non-hydrogen) atoms. The van der Waals surface area contributed by atoms with Gasteiger partial charge in [-0.25, -0.2) is 0 Å². The molecule has 10 heteroatoms. The first kappa shape index (κ1) is 34.9. The maximum absolute atomic E-state index is 12.3. The van der Waals surface area contributed by atoms with Gasteiger partial charge in [-0.1, -0.05) is 30.3 Å². The topological polar surface area (TPSA) is 164 Å². The van der Waals surface area contributed by atoms with Crippen molar-refractivity contribution in [3.63, 3.8) is 0 Å². The smallest absolute Gasteiger partial charge is 0.220 e. The lowest BCUT2D eigenvalue weighted by Gasteiger charge is -2.25. The van der Waals surface area contributed by atoms with Crippen LogP contribution in [0.3, 0.4) is 0 Å². The molecule has 2 aromatic carbocycles. The molecule has 2 fully saturated rings. The number of benzene rings is 2. The van der Waals surface area contributed by atoms with Crippen LogP contribution in [0.15, 0.2) is 54.9 Å². The summed E-state index contributed by atoms with van der Waals surface area (Å²) in [7, 11) is 0. The molecule has 0 radical (unpaired) electrons. The number of rotatable bonds is 18. The minimum Gasteiger partial charge on any atom is -0.490 e. The number of aromatic nitrogens is 1. The third-order valence-corrected chi connectivity index (χ3v) is 9.43. The predicted octanol–water partition coefficient (Wildman–Crippen LogP) is 2.95. The van der Waals surface area contributed by atoms with Crippen molar-refractivity contribution >= 4 is 5.91 Å². The minimum absolute atomic E-state index is 0.121. The van der Waals surface area contributed by atoms with Crippen molar-refractivity contribution in [2.45, 2.75) is 108 Å². The van der Waals surface area contributed by atoms with E-state index >= 15 is 0 Å². The lowest BCUT2D eigenvalue weighted by Crippen LogP contribution is -2.49. The van der Waals surface area contributed by atoms with Crippen molar-refractivity contribution < 1.29 is 35.1 Å². The fourth-order valence-corrected chi connectivity index (χ4v) is 6.09. The number of pyridine rings is 1. The summed E-state index contributed by atoms with van der Waals surface area (Å²) in [6, 6.07) is 14.9. The quantitative estimate of drug-likeness (QED) is 0.103. The van der Waals surface area contributed by atoms with Gasteiger partial charge in [-0.2, -0.15) is 0 Å². The van der Waals surface area contributed by atoms with Crippen LogP contribution in [0.2, 0.25) is 0 Å². The number of nitrogens with one attached hydrogen (secondary N) is 2. The molecule has 10 nitrogen and oxygen atoms in total. The molecule has 7 N–H and O–H groups in total. The molecule has 0 spiro atoms. The van der Waals surface area contributed by atoms with Gasteiger partial charge in [0.2, 0.25) is 5.91 Å². The van der Waals surface area contributed by atoms with Gasteiger partial charge in [-0.3, -0.25) is 9.78 Å². The van der Waals surface area contributed by atoms with Gasteiger partial charge in [0.25, 0.3) is 0 Å². The molecule has 2 aliphatic rings. The van der Waals surface area contributed by atoms with E-state index in [1.54, 1.807) is 0 Å². The molecule has 4 unspecified atom stereocenters. The fraction of sp³-hybridized carbons (Fsp3) is 0.514. The van der Waals surface area contributed by atoms with Crippen LogP contribution in [-0.2, 0) is 23.3 Å². The standard InChI is InChI=1S/C37H49N3O7/c1-23-18-26(24(2)17-25(23)7-3-6-10-34(44)39-21-31(42)35(45)36(46)32(43)22-41)19-40-37(14-15-37)30-20-38-16-13-28(30)29-8-4-5-9-33(29)47-27-11-12-27/h4-5,8-9,13,16-18,20,27,31-32,35-36,40-43,45-46H,3,6-7,10-12,14-15,19,21-22H2,1-2H3,(H,39,44). The van der Waals surface area contributed by atoms with Gasteiger partial charge in [-0.05, 0) is 104 Å². The second-order valence-electron chi connectivity index (χ2n) is 13.2. The third kappa shape index (κ3) is 8.95. The number of ether oxygens (including phenoxy) is 1. The molecule has 1 aromatic heterocycles. The number of aliphatic hydroxyl groups is 5. The summed E-state index contributed by atoms with van der Waals surface area (Å²) in [6.45, 7) is 4.00. The molecule has 1 heterocycles. The summed E-state index contributed by atoms with van der Waals surface area (Å²) in [5, 5.41) is 54.3. The van der Waals surface area contributed by atoms with E-state index in [1.807, 2.05) is 18.5 Å². The zero-order valence-electron chi connectivity index (χ0n) is 27.4. The molecule has 5 rings (SSSR count). The van der Waals surface area contributed by atoms with Crippen molar-refractivity contribution in [3.8, 4) is 16.9 Å². The Balaban J connectivity index is 1.12. The summed E-state index contributed by atoms with van der Waals surface area (Å²) in [5.41, 5.74) is 8.34. The van der Waals surface area contributed by atoms with Crippen molar-refractivity contribution in [3.05, 3.63) is 82.7 Å². The largest absolute Gasteiger partial charge is 0.490 e. The monoisotopic (exact) mass is 647 g/mol. The molecule has 254 valence electrons. The van der Waals surface area contributed by atoms with Crippen LogP contribution in [0.4, 0.5) is 0 Å². The molecule has 3 aromatic rings. The summed E-state index contributed by atoms with van der Waals surface area (Å²) in [4.78, 5) is 16.8. The van der Waals surface area contributed by atoms with Gasteiger partial charge in [-0.15, -0.1) is 0 Å². The number of amides is 1. The third-order valence-electron chi connectivity index (χ3n) is 9.43. The summed E-state index contributed by atoms with van der Waals surface area (Å²) in [6.07, 6.45) is 4.63. The lowest BCUT2D eigenvalue weighted by atomic mass is 9.93. The Hall–Kier alpha value is -3.38. The van der Waals surface area contributed by atoms with E-state index in [1.165, 1.54) is 33.4 Å². The van der Waals surface area contributed by atoms with Gasteiger partial charge in [0.05, 0.1) is 18.8 Å². The first-order valence-electron chi connectivity index (χ1n) is 16.8. The first-order chi connectivity index (χ1) is 22.6. The van der Waals surface area contributed by atoms with Crippen LogP contribution < -0.4 is 15.4 Å². The number of nitrogens with zero attached hydrogens (tertiary/aromatic N) is 1. The zero-order chi connectivity index (χ0) is 33.6. The molecule has 1 amide bonds. The minimum atomic E-state index is -1.72. The normalized spacial score (nSPS) is 17.9. The van der Waals surface area contributed by atoms with Crippen LogP contribution in [0, 0.1) is 13.8 Å². The van der Waals surface area contributed by atoms with E-state index in [-0.39, 0.29) is 24.4 Å². The molecule has 0 bridgehead atoms. The van der Waals surface area contributed by atoms with E-state index in [4.69, 9.17) is 9.84 Å². The Kier molecular flexibility index (Phi) is 11.7. The van der Waals surface area contributed by atoms with Crippen LogP contribution in [-0.4, -0.2) is 80.1 Å². The Morgan fingerprint density at radius 3 is 2.38 bits per heavy atom. The number of carbonyl (C=O) groups is 1. The van der Waals surface area contributed by atoms with Gasteiger partial charge in [0.1, 0.15) is 24.1 Å². The fourth-order valence-electron chi connectivity index (χ4n) is 6.09. The maximum Gasteiger partial charge on any atom is 0.220 e. The summed E-state index contributed by atoms with van der Waals surface area (Å²) >= 11 is 0. The average Bonchev–Trinajstić information content (AvgIpc) is 4.03.